The molecular formula is C16H14BrNO3. The van der Waals surface area contributed by atoms with E-state index in [1.807, 2.05) is 36.4 Å². The SMILES string of the molecule is COC(=O)/C(N)=C/c1ccc(Oc2ccccc2)cc1Br. The molecule has 0 radical (unpaired) electrons. The fraction of sp³-hybridized carbons (Fsp3) is 0.0625. The highest BCUT2D eigenvalue weighted by atomic mass is 79.9. The van der Waals surface area contributed by atoms with Gasteiger partial charge in [0.05, 0.1) is 7.11 Å². The highest BCUT2D eigenvalue weighted by Crippen LogP contribution is 2.28. The second kappa shape index (κ2) is 6.95. The maximum Gasteiger partial charge on any atom is 0.353 e. The standard InChI is InChI=1S/C16H14BrNO3/c1-20-16(19)15(18)9-11-7-8-13(10-14(11)17)21-12-5-3-2-4-6-12/h2-10H,18H2,1H3/b15-9-. The van der Waals surface area contributed by atoms with Gasteiger partial charge >= 0.3 is 5.97 Å². The van der Waals surface area contributed by atoms with Gasteiger partial charge in [0.15, 0.2) is 0 Å². The van der Waals surface area contributed by atoms with Crippen LogP contribution in [0.2, 0.25) is 0 Å². The summed E-state index contributed by atoms with van der Waals surface area (Å²) in [4.78, 5) is 11.3. The first kappa shape index (κ1) is 15.1. The van der Waals surface area contributed by atoms with E-state index in [-0.39, 0.29) is 5.70 Å². The number of ether oxygens (including phenoxy) is 2. The minimum Gasteiger partial charge on any atom is -0.464 e. The van der Waals surface area contributed by atoms with E-state index < -0.39 is 5.97 Å². The van der Waals surface area contributed by atoms with Crippen LogP contribution in [0, 0.1) is 0 Å². The summed E-state index contributed by atoms with van der Waals surface area (Å²) in [6.07, 6.45) is 1.54. The van der Waals surface area contributed by atoms with Crippen LogP contribution in [0.5, 0.6) is 11.5 Å². The first-order valence-electron chi connectivity index (χ1n) is 6.18. The molecule has 0 saturated carbocycles. The molecule has 2 aromatic rings. The number of hydrogen-bond donors (Lipinski definition) is 1. The number of nitrogens with two attached hydrogens (primary N) is 1. The molecule has 0 spiro atoms. The molecule has 0 aliphatic heterocycles. The number of esters is 1. The molecule has 0 heterocycles. The third-order valence-corrected chi connectivity index (χ3v) is 3.37. The lowest BCUT2D eigenvalue weighted by Crippen LogP contribution is -2.12. The van der Waals surface area contributed by atoms with Gasteiger partial charge in [0, 0.05) is 4.47 Å². The third kappa shape index (κ3) is 4.10. The number of para-hydroxylation sites is 1. The second-order valence-corrected chi connectivity index (χ2v) is 5.04. The molecule has 0 saturated heterocycles. The van der Waals surface area contributed by atoms with Crippen LogP contribution in [-0.2, 0) is 9.53 Å². The van der Waals surface area contributed by atoms with Crippen molar-refractivity contribution in [2.24, 2.45) is 5.73 Å². The smallest absolute Gasteiger partial charge is 0.353 e. The van der Waals surface area contributed by atoms with Crippen molar-refractivity contribution < 1.29 is 14.3 Å². The lowest BCUT2D eigenvalue weighted by atomic mass is 10.2. The van der Waals surface area contributed by atoms with Gasteiger partial charge < -0.3 is 15.2 Å². The first-order valence-corrected chi connectivity index (χ1v) is 6.97. The predicted molar refractivity (Wildman–Crippen MR) is 84.8 cm³/mol. The molecule has 0 unspecified atom stereocenters. The predicted octanol–water partition coefficient (Wildman–Crippen LogP) is 3.71. The summed E-state index contributed by atoms with van der Waals surface area (Å²) in [6, 6.07) is 14.9. The fourth-order valence-electron chi connectivity index (χ4n) is 1.66. The van der Waals surface area contributed by atoms with Crippen LogP contribution in [0.4, 0.5) is 0 Å². The van der Waals surface area contributed by atoms with Gasteiger partial charge in [-0.3, -0.25) is 0 Å². The fourth-order valence-corrected chi connectivity index (χ4v) is 2.13. The molecule has 0 bridgehead atoms. The Morgan fingerprint density at radius 2 is 1.86 bits per heavy atom. The molecular weight excluding hydrogens is 334 g/mol. The van der Waals surface area contributed by atoms with Gasteiger partial charge in [-0.25, -0.2) is 4.79 Å². The van der Waals surface area contributed by atoms with E-state index >= 15 is 0 Å². The third-order valence-electron chi connectivity index (χ3n) is 2.68. The normalized spacial score (nSPS) is 11.0. The Morgan fingerprint density at radius 1 is 1.14 bits per heavy atom. The lowest BCUT2D eigenvalue weighted by Gasteiger charge is -2.07. The second-order valence-electron chi connectivity index (χ2n) is 4.19. The van der Waals surface area contributed by atoms with E-state index in [4.69, 9.17) is 10.5 Å². The maximum absolute atomic E-state index is 11.3. The Bertz CT molecular complexity index is 668. The van der Waals surface area contributed by atoms with Crippen molar-refractivity contribution in [2.45, 2.75) is 0 Å². The molecule has 21 heavy (non-hydrogen) atoms. The van der Waals surface area contributed by atoms with E-state index in [2.05, 4.69) is 20.7 Å². The molecule has 0 aromatic heterocycles. The molecule has 0 aliphatic carbocycles. The summed E-state index contributed by atoms with van der Waals surface area (Å²) >= 11 is 3.43. The van der Waals surface area contributed by atoms with E-state index in [1.54, 1.807) is 18.2 Å². The van der Waals surface area contributed by atoms with Gasteiger partial charge in [-0.1, -0.05) is 40.2 Å². The average molecular weight is 348 g/mol. The van der Waals surface area contributed by atoms with Gasteiger partial charge in [-0.05, 0) is 35.9 Å². The van der Waals surface area contributed by atoms with Crippen molar-refractivity contribution in [3.05, 3.63) is 64.3 Å². The Labute approximate surface area is 131 Å². The Balaban J connectivity index is 2.20. The summed E-state index contributed by atoms with van der Waals surface area (Å²) < 4.78 is 11.0. The summed E-state index contributed by atoms with van der Waals surface area (Å²) in [5.74, 6) is 0.871. The van der Waals surface area contributed by atoms with Gasteiger partial charge in [0.2, 0.25) is 0 Å². The first-order chi connectivity index (χ1) is 10.1. The number of rotatable bonds is 4. The summed E-state index contributed by atoms with van der Waals surface area (Å²) in [5.41, 5.74) is 6.42. The highest BCUT2D eigenvalue weighted by molar-refractivity contribution is 9.10. The van der Waals surface area contributed by atoms with Crippen molar-refractivity contribution in [1.82, 2.24) is 0 Å². The number of carbonyl (C=O) groups is 1. The van der Waals surface area contributed by atoms with Crippen molar-refractivity contribution in [3.8, 4) is 11.5 Å². The Hall–Kier alpha value is -2.27. The molecule has 2 N–H and O–H groups in total. The largest absolute Gasteiger partial charge is 0.464 e. The molecule has 0 atom stereocenters. The minimum absolute atomic E-state index is 0.0370. The Morgan fingerprint density at radius 3 is 2.48 bits per heavy atom. The van der Waals surface area contributed by atoms with Gasteiger partial charge in [0.25, 0.3) is 0 Å². The van der Waals surface area contributed by atoms with Crippen molar-refractivity contribution in [1.29, 1.82) is 0 Å². The van der Waals surface area contributed by atoms with Crippen LogP contribution in [0.1, 0.15) is 5.56 Å². The minimum atomic E-state index is -0.563. The van der Waals surface area contributed by atoms with Crippen LogP contribution >= 0.6 is 15.9 Å². The average Bonchev–Trinajstić information content (AvgIpc) is 2.50. The molecule has 108 valence electrons. The van der Waals surface area contributed by atoms with Gasteiger partial charge in [-0.15, -0.1) is 0 Å². The van der Waals surface area contributed by atoms with E-state index in [1.165, 1.54) is 7.11 Å². The van der Waals surface area contributed by atoms with Crippen LogP contribution in [-0.4, -0.2) is 13.1 Å². The van der Waals surface area contributed by atoms with Gasteiger partial charge in [-0.2, -0.15) is 0 Å². The number of carbonyl (C=O) groups excluding carboxylic acids is 1. The molecule has 0 aliphatic rings. The molecule has 2 aromatic carbocycles. The maximum atomic E-state index is 11.3. The molecule has 0 amide bonds. The van der Waals surface area contributed by atoms with Crippen LogP contribution in [0.25, 0.3) is 6.08 Å². The quantitative estimate of drug-likeness (QED) is 0.676. The molecule has 0 fully saturated rings. The summed E-state index contributed by atoms with van der Waals surface area (Å²) in [5, 5.41) is 0. The zero-order chi connectivity index (χ0) is 15.2. The van der Waals surface area contributed by atoms with E-state index in [0.29, 0.717) is 5.75 Å². The van der Waals surface area contributed by atoms with Crippen LogP contribution in [0.15, 0.2) is 58.7 Å². The number of halogens is 1. The number of hydrogen-bond acceptors (Lipinski definition) is 4. The monoisotopic (exact) mass is 347 g/mol. The van der Waals surface area contributed by atoms with Crippen LogP contribution in [0.3, 0.4) is 0 Å². The highest BCUT2D eigenvalue weighted by Gasteiger charge is 2.07. The zero-order valence-corrected chi connectivity index (χ0v) is 13.0. The molecule has 2 rings (SSSR count). The van der Waals surface area contributed by atoms with Crippen molar-refractivity contribution >= 4 is 28.0 Å². The lowest BCUT2D eigenvalue weighted by molar-refractivity contribution is -0.136. The van der Waals surface area contributed by atoms with Crippen molar-refractivity contribution in [2.75, 3.05) is 7.11 Å². The number of benzene rings is 2. The van der Waals surface area contributed by atoms with Crippen LogP contribution < -0.4 is 10.5 Å². The molecule has 4 nitrogen and oxygen atoms in total. The topological polar surface area (TPSA) is 61.5 Å². The Kier molecular flexibility index (Phi) is 5.00. The molecule has 5 heteroatoms. The van der Waals surface area contributed by atoms with E-state index in [0.717, 1.165) is 15.8 Å². The zero-order valence-electron chi connectivity index (χ0n) is 11.4. The number of methoxy groups -OCH3 is 1. The van der Waals surface area contributed by atoms with Crippen molar-refractivity contribution in [3.63, 3.8) is 0 Å². The summed E-state index contributed by atoms with van der Waals surface area (Å²) in [7, 11) is 1.29. The van der Waals surface area contributed by atoms with E-state index in [9.17, 15) is 4.79 Å². The summed E-state index contributed by atoms with van der Waals surface area (Å²) in [6.45, 7) is 0. The van der Waals surface area contributed by atoms with Gasteiger partial charge in [0.1, 0.15) is 17.2 Å².